The monoisotopic (exact) mass is 317 g/mol. The van der Waals surface area contributed by atoms with Gasteiger partial charge in [0, 0.05) is 11.8 Å². The number of thiophene rings is 1. The van der Waals surface area contributed by atoms with Crippen LogP contribution in [0.5, 0.6) is 0 Å². The second-order valence-electron chi connectivity index (χ2n) is 4.28. The molecular weight excluding hydrogens is 304 g/mol. The van der Waals surface area contributed by atoms with Gasteiger partial charge in [-0.15, -0.1) is 11.3 Å². The molecule has 0 aliphatic heterocycles. The molecule has 0 aromatic carbocycles. The van der Waals surface area contributed by atoms with Crippen LogP contribution in [0.1, 0.15) is 22.5 Å². The fourth-order valence-electron chi connectivity index (χ4n) is 1.63. The Morgan fingerprint density at radius 1 is 1.40 bits per heavy atom. The predicted octanol–water partition coefficient (Wildman–Crippen LogP) is 2.89. The molecular formula is C12H13F2N3OS2. The van der Waals surface area contributed by atoms with Crippen molar-refractivity contribution in [1.82, 2.24) is 14.5 Å². The summed E-state index contributed by atoms with van der Waals surface area (Å²) in [5.74, 6) is -2.34. The van der Waals surface area contributed by atoms with Gasteiger partial charge in [-0.1, -0.05) is 11.8 Å². The van der Waals surface area contributed by atoms with Gasteiger partial charge in [0.2, 0.25) is 0 Å². The summed E-state index contributed by atoms with van der Waals surface area (Å²) < 4.78 is 27.7. The van der Waals surface area contributed by atoms with Crippen molar-refractivity contribution in [3.05, 3.63) is 38.2 Å². The SMILES string of the molecule is CSc1nc(C)n(Cc2ccc(C(C)(F)F)s2)c(=O)n1. The second kappa shape index (κ2) is 5.61. The fraction of sp³-hybridized carbons (Fsp3) is 0.417. The fourth-order valence-corrected chi connectivity index (χ4v) is 2.95. The van der Waals surface area contributed by atoms with E-state index in [1.807, 2.05) is 0 Å². The lowest BCUT2D eigenvalue weighted by Gasteiger charge is -2.08. The highest BCUT2D eigenvalue weighted by Gasteiger charge is 2.26. The number of alkyl halides is 2. The first-order valence-electron chi connectivity index (χ1n) is 5.77. The molecule has 2 heterocycles. The third-order valence-electron chi connectivity index (χ3n) is 2.66. The topological polar surface area (TPSA) is 47.8 Å². The van der Waals surface area contributed by atoms with Crippen molar-refractivity contribution in [3.63, 3.8) is 0 Å². The third-order valence-corrected chi connectivity index (χ3v) is 4.45. The lowest BCUT2D eigenvalue weighted by atomic mass is 10.3. The molecule has 8 heteroatoms. The van der Waals surface area contributed by atoms with Crippen LogP contribution in [0.25, 0.3) is 0 Å². The number of aromatic nitrogens is 3. The molecule has 0 N–H and O–H groups in total. The first-order valence-corrected chi connectivity index (χ1v) is 7.82. The van der Waals surface area contributed by atoms with Crippen LogP contribution in [-0.4, -0.2) is 20.8 Å². The number of aryl methyl sites for hydroxylation is 1. The molecule has 0 amide bonds. The molecule has 20 heavy (non-hydrogen) atoms. The smallest absolute Gasteiger partial charge is 0.275 e. The quantitative estimate of drug-likeness (QED) is 0.814. The maximum absolute atomic E-state index is 13.2. The van der Waals surface area contributed by atoms with Crippen LogP contribution in [0.3, 0.4) is 0 Å². The van der Waals surface area contributed by atoms with Crippen LogP contribution < -0.4 is 5.69 Å². The van der Waals surface area contributed by atoms with E-state index >= 15 is 0 Å². The van der Waals surface area contributed by atoms with E-state index < -0.39 is 11.6 Å². The highest BCUT2D eigenvalue weighted by molar-refractivity contribution is 7.98. The minimum absolute atomic E-state index is 0.0140. The zero-order chi connectivity index (χ0) is 14.9. The summed E-state index contributed by atoms with van der Waals surface area (Å²) in [6, 6.07) is 2.99. The molecule has 4 nitrogen and oxygen atoms in total. The minimum atomic E-state index is -2.86. The van der Waals surface area contributed by atoms with Crippen molar-refractivity contribution < 1.29 is 8.78 Å². The summed E-state index contributed by atoms with van der Waals surface area (Å²) in [4.78, 5) is 20.5. The zero-order valence-electron chi connectivity index (χ0n) is 11.2. The molecule has 0 fully saturated rings. The van der Waals surface area contributed by atoms with Gasteiger partial charge in [-0.05, 0) is 25.3 Å². The number of rotatable bonds is 4. The van der Waals surface area contributed by atoms with Crippen LogP contribution in [-0.2, 0) is 12.5 Å². The average Bonchev–Trinajstić information content (AvgIpc) is 2.82. The Labute approximate surface area is 122 Å². The molecule has 2 aromatic heterocycles. The van der Waals surface area contributed by atoms with Gasteiger partial charge in [0.15, 0.2) is 5.16 Å². The molecule has 108 valence electrons. The Balaban J connectivity index is 2.31. The van der Waals surface area contributed by atoms with Gasteiger partial charge < -0.3 is 0 Å². The van der Waals surface area contributed by atoms with Crippen LogP contribution in [0.2, 0.25) is 0 Å². The number of thioether (sulfide) groups is 1. The van der Waals surface area contributed by atoms with Gasteiger partial charge in [-0.2, -0.15) is 4.98 Å². The van der Waals surface area contributed by atoms with E-state index in [0.717, 1.165) is 18.3 Å². The van der Waals surface area contributed by atoms with Crippen molar-refractivity contribution >= 4 is 23.1 Å². The summed E-state index contributed by atoms with van der Waals surface area (Å²) in [5.41, 5.74) is -0.417. The standard InChI is InChI=1S/C12H13F2N3OS2/c1-7-15-10(19-3)16-11(18)17(7)6-8-4-5-9(20-8)12(2,13)14/h4-5H,6H2,1-3H3. The number of hydrogen-bond donors (Lipinski definition) is 0. The number of hydrogen-bond acceptors (Lipinski definition) is 5. The normalized spacial score (nSPS) is 11.8. The van der Waals surface area contributed by atoms with Crippen molar-refractivity contribution in [2.75, 3.05) is 6.26 Å². The minimum Gasteiger partial charge on any atom is -0.275 e. The van der Waals surface area contributed by atoms with Crippen molar-refractivity contribution in [1.29, 1.82) is 0 Å². The number of nitrogens with zero attached hydrogens (tertiary/aromatic N) is 3. The van der Waals surface area contributed by atoms with Gasteiger partial charge >= 0.3 is 5.69 Å². The zero-order valence-corrected chi connectivity index (χ0v) is 12.8. The Kier molecular flexibility index (Phi) is 4.24. The van der Waals surface area contributed by atoms with Gasteiger partial charge in [-0.25, -0.2) is 18.6 Å². The van der Waals surface area contributed by atoms with E-state index in [4.69, 9.17) is 0 Å². The maximum Gasteiger partial charge on any atom is 0.351 e. The van der Waals surface area contributed by atoms with E-state index in [0.29, 0.717) is 15.9 Å². The average molecular weight is 317 g/mol. The maximum atomic E-state index is 13.2. The summed E-state index contributed by atoms with van der Waals surface area (Å²) in [6.45, 7) is 2.77. The Hall–Kier alpha value is -1.28. The van der Waals surface area contributed by atoms with Crippen LogP contribution in [0.4, 0.5) is 8.78 Å². The molecule has 2 rings (SSSR count). The van der Waals surface area contributed by atoms with Gasteiger partial charge in [0.05, 0.1) is 11.4 Å². The van der Waals surface area contributed by atoms with E-state index in [2.05, 4.69) is 9.97 Å². The predicted molar refractivity (Wildman–Crippen MR) is 75.8 cm³/mol. The van der Waals surface area contributed by atoms with Crippen LogP contribution in [0.15, 0.2) is 22.1 Å². The molecule has 0 unspecified atom stereocenters. The molecule has 0 bridgehead atoms. The molecule has 0 spiro atoms. The highest BCUT2D eigenvalue weighted by Crippen LogP contribution is 2.33. The first kappa shape index (κ1) is 15.1. The number of halogens is 2. The van der Waals surface area contributed by atoms with Crippen molar-refractivity contribution in [2.45, 2.75) is 31.5 Å². The molecule has 0 atom stereocenters. The van der Waals surface area contributed by atoms with Crippen molar-refractivity contribution in [3.8, 4) is 0 Å². The van der Waals surface area contributed by atoms with Gasteiger partial charge in [0.25, 0.3) is 5.92 Å². The van der Waals surface area contributed by atoms with Crippen molar-refractivity contribution in [2.24, 2.45) is 0 Å². The Bertz CT molecular complexity index is 676. The molecule has 0 aliphatic carbocycles. The van der Waals surface area contributed by atoms with E-state index in [1.165, 1.54) is 22.4 Å². The summed E-state index contributed by atoms with van der Waals surface area (Å²) >= 11 is 2.28. The van der Waals surface area contributed by atoms with E-state index in [1.54, 1.807) is 19.2 Å². The highest BCUT2D eigenvalue weighted by atomic mass is 32.2. The lowest BCUT2D eigenvalue weighted by molar-refractivity contribution is 0.0215. The largest absolute Gasteiger partial charge is 0.351 e. The summed E-state index contributed by atoms with van der Waals surface area (Å²) in [7, 11) is 0. The van der Waals surface area contributed by atoms with E-state index in [9.17, 15) is 13.6 Å². The van der Waals surface area contributed by atoms with Crippen LogP contribution >= 0.6 is 23.1 Å². The van der Waals surface area contributed by atoms with Gasteiger partial charge in [0.1, 0.15) is 5.82 Å². The Morgan fingerprint density at radius 3 is 2.60 bits per heavy atom. The third kappa shape index (κ3) is 3.24. The van der Waals surface area contributed by atoms with Gasteiger partial charge in [-0.3, -0.25) is 4.57 Å². The molecule has 0 saturated heterocycles. The lowest BCUT2D eigenvalue weighted by Crippen LogP contribution is -2.27. The molecule has 0 saturated carbocycles. The first-order chi connectivity index (χ1) is 9.31. The molecule has 0 aliphatic rings. The molecule has 2 aromatic rings. The van der Waals surface area contributed by atoms with Crippen LogP contribution in [0, 0.1) is 6.92 Å². The molecule has 0 radical (unpaired) electrons. The summed E-state index contributed by atoms with van der Waals surface area (Å²) in [6.07, 6.45) is 1.79. The Morgan fingerprint density at radius 2 is 2.10 bits per heavy atom. The van der Waals surface area contributed by atoms with E-state index in [-0.39, 0.29) is 11.4 Å². The second-order valence-corrected chi connectivity index (χ2v) is 6.22. The summed E-state index contributed by atoms with van der Waals surface area (Å²) in [5, 5.41) is 0.413.